The van der Waals surface area contributed by atoms with E-state index in [1.54, 1.807) is 13.1 Å². The van der Waals surface area contributed by atoms with E-state index in [9.17, 15) is 9.59 Å². The van der Waals surface area contributed by atoms with Gasteiger partial charge in [0.15, 0.2) is 5.16 Å². The van der Waals surface area contributed by atoms with Gasteiger partial charge in [0.1, 0.15) is 0 Å². The Labute approximate surface area is 171 Å². The molecule has 2 heterocycles. The number of amides is 1. The van der Waals surface area contributed by atoms with Gasteiger partial charge in [0, 0.05) is 12.7 Å². The van der Waals surface area contributed by atoms with E-state index in [-0.39, 0.29) is 17.2 Å². The fourth-order valence-corrected chi connectivity index (χ4v) is 3.92. The maximum Gasteiger partial charge on any atom is 0.262 e. The minimum atomic E-state index is -0.127. The Kier molecular flexibility index (Phi) is 5.10. The molecule has 1 amide bonds. The van der Waals surface area contributed by atoms with Crippen LogP contribution >= 0.6 is 11.8 Å². The zero-order valence-electron chi connectivity index (χ0n) is 16.4. The summed E-state index contributed by atoms with van der Waals surface area (Å²) in [4.78, 5) is 24.9. The number of carbonyl (C=O) groups is 1. The van der Waals surface area contributed by atoms with Crippen molar-refractivity contribution in [3.63, 3.8) is 0 Å². The van der Waals surface area contributed by atoms with Gasteiger partial charge in [0.25, 0.3) is 5.56 Å². The maximum atomic E-state index is 12.5. The van der Waals surface area contributed by atoms with E-state index in [0.29, 0.717) is 22.2 Å². The van der Waals surface area contributed by atoms with Crippen LogP contribution in [0.3, 0.4) is 0 Å². The molecule has 0 saturated heterocycles. The Morgan fingerprint density at radius 1 is 1.10 bits per heavy atom. The lowest BCUT2D eigenvalue weighted by molar-refractivity contribution is -0.113. The van der Waals surface area contributed by atoms with E-state index in [1.807, 2.05) is 46.9 Å². The van der Waals surface area contributed by atoms with E-state index < -0.39 is 0 Å². The Morgan fingerprint density at radius 2 is 1.83 bits per heavy atom. The van der Waals surface area contributed by atoms with Crippen LogP contribution in [0.1, 0.15) is 25.3 Å². The second-order valence-electron chi connectivity index (χ2n) is 7.11. The Balaban J connectivity index is 1.56. The molecule has 8 heteroatoms. The number of aromatic nitrogens is 4. The van der Waals surface area contributed by atoms with Gasteiger partial charge in [-0.2, -0.15) is 0 Å². The van der Waals surface area contributed by atoms with Crippen molar-refractivity contribution in [1.82, 2.24) is 19.2 Å². The van der Waals surface area contributed by atoms with Crippen molar-refractivity contribution >= 4 is 40.0 Å². The lowest BCUT2D eigenvalue weighted by Gasteiger charge is -2.09. The minimum absolute atomic E-state index is 0.125. The topological polar surface area (TPSA) is 81.3 Å². The van der Waals surface area contributed by atoms with Gasteiger partial charge in [-0.25, -0.2) is 0 Å². The van der Waals surface area contributed by atoms with Gasteiger partial charge in [0.2, 0.25) is 11.7 Å². The maximum absolute atomic E-state index is 12.5. The normalized spacial score (nSPS) is 11.4. The summed E-state index contributed by atoms with van der Waals surface area (Å²) in [6.45, 7) is 4.26. The minimum Gasteiger partial charge on any atom is -0.325 e. The Morgan fingerprint density at radius 3 is 2.55 bits per heavy atom. The third-order valence-corrected chi connectivity index (χ3v) is 5.72. The first-order valence-corrected chi connectivity index (χ1v) is 10.3. The van der Waals surface area contributed by atoms with Crippen molar-refractivity contribution in [3.8, 4) is 0 Å². The smallest absolute Gasteiger partial charge is 0.262 e. The molecule has 2 aromatic heterocycles. The number of nitrogens with one attached hydrogen (secondary N) is 1. The standard InChI is InChI=1S/C21H21N5O2S/c1-13(2)14-8-10-15(11-9-14)22-18(27)12-29-21-24-23-20-25(3)19(28)16-6-4-5-7-17(16)26(20)21/h4-11,13H,12H2,1-3H3,(H,22,27). The average Bonchev–Trinajstić information content (AvgIpc) is 3.15. The molecule has 0 spiro atoms. The summed E-state index contributed by atoms with van der Waals surface area (Å²) in [5.74, 6) is 0.950. The van der Waals surface area contributed by atoms with Crippen LogP contribution in [-0.4, -0.2) is 30.8 Å². The zero-order chi connectivity index (χ0) is 20.5. The summed E-state index contributed by atoms with van der Waals surface area (Å²) in [6.07, 6.45) is 0. The highest BCUT2D eigenvalue weighted by molar-refractivity contribution is 7.99. The fourth-order valence-electron chi connectivity index (χ4n) is 3.18. The van der Waals surface area contributed by atoms with E-state index >= 15 is 0 Å². The number of para-hydroxylation sites is 1. The van der Waals surface area contributed by atoms with E-state index in [4.69, 9.17) is 0 Å². The van der Waals surface area contributed by atoms with E-state index in [2.05, 4.69) is 29.4 Å². The Hall–Kier alpha value is -3.13. The third-order valence-electron chi connectivity index (χ3n) is 4.79. The molecule has 0 saturated carbocycles. The quantitative estimate of drug-likeness (QED) is 0.513. The number of thioether (sulfide) groups is 1. The van der Waals surface area contributed by atoms with Crippen molar-refractivity contribution < 1.29 is 4.79 Å². The molecule has 0 aliphatic heterocycles. The van der Waals surface area contributed by atoms with Crippen LogP contribution in [-0.2, 0) is 11.8 Å². The molecule has 0 unspecified atom stereocenters. The van der Waals surface area contributed by atoms with Crippen LogP contribution in [0.2, 0.25) is 0 Å². The molecule has 29 heavy (non-hydrogen) atoms. The number of aryl methyl sites for hydroxylation is 1. The van der Waals surface area contributed by atoms with Gasteiger partial charge < -0.3 is 5.32 Å². The highest BCUT2D eigenvalue weighted by atomic mass is 32.2. The first-order chi connectivity index (χ1) is 14.0. The van der Waals surface area contributed by atoms with Gasteiger partial charge in [0.05, 0.1) is 16.7 Å². The lowest BCUT2D eigenvalue weighted by Crippen LogP contribution is -2.20. The van der Waals surface area contributed by atoms with E-state index in [1.165, 1.54) is 21.9 Å². The highest BCUT2D eigenvalue weighted by Crippen LogP contribution is 2.22. The molecule has 0 bridgehead atoms. The van der Waals surface area contributed by atoms with Gasteiger partial charge in [-0.15, -0.1) is 10.2 Å². The summed E-state index contributed by atoms with van der Waals surface area (Å²) >= 11 is 1.28. The summed E-state index contributed by atoms with van der Waals surface area (Å²) in [5.41, 5.74) is 2.59. The molecule has 1 N–H and O–H groups in total. The molecular formula is C21H21N5O2S. The highest BCUT2D eigenvalue weighted by Gasteiger charge is 2.16. The SMILES string of the molecule is CC(C)c1ccc(NC(=O)CSc2nnc3n(C)c(=O)c4ccccc4n23)cc1. The number of hydrogen-bond acceptors (Lipinski definition) is 5. The number of benzene rings is 2. The van der Waals surface area contributed by atoms with Crippen LogP contribution in [0.5, 0.6) is 0 Å². The molecule has 0 aliphatic carbocycles. The van der Waals surface area contributed by atoms with Crippen LogP contribution in [0, 0.1) is 0 Å². The third kappa shape index (κ3) is 3.63. The average molecular weight is 407 g/mol. The largest absolute Gasteiger partial charge is 0.325 e. The molecule has 0 radical (unpaired) electrons. The van der Waals surface area contributed by atoms with Crippen molar-refractivity contribution in [1.29, 1.82) is 0 Å². The second kappa shape index (κ2) is 7.71. The fraction of sp³-hybridized carbons (Fsp3) is 0.238. The molecule has 148 valence electrons. The summed E-state index contributed by atoms with van der Waals surface area (Å²) in [6, 6.07) is 15.2. The van der Waals surface area contributed by atoms with Gasteiger partial charge in [-0.1, -0.05) is 49.9 Å². The van der Waals surface area contributed by atoms with Crippen LogP contribution < -0.4 is 10.9 Å². The molecule has 0 fully saturated rings. The van der Waals surface area contributed by atoms with Gasteiger partial charge in [-0.05, 0) is 35.7 Å². The Bertz CT molecular complexity index is 1260. The number of anilines is 1. The predicted molar refractivity (Wildman–Crippen MR) is 116 cm³/mol. The number of carbonyl (C=O) groups excluding carboxylic acids is 1. The van der Waals surface area contributed by atoms with Gasteiger partial charge >= 0.3 is 0 Å². The van der Waals surface area contributed by atoms with Crippen LogP contribution in [0.15, 0.2) is 58.5 Å². The molecule has 7 nitrogen and oxygen atoms in total. The number of hydrogen-bond donors (Lipinski definition) is 1. The summed E-state index contributed by atoms with van der Waals surface area (Å²) < 4.78 is 3.28. The molecule has 4 aromatic rings. The van der Waals surface area contributed by atoms with E-state index in [0.717, 1.165) is 11.2 Å². The molecule has 0 atom stereocenters. The number of fused-ring (bicyclic) bond motifs is 3. The van der Waals surface area contributed by atoms with Crippen molar-refractivity contribution in [3.05, 3.63) is 64.4 Å². The number of rotatable bonds is 5. The molecular weight excluding hydrogens is 386 g/mol. The lowest BCUT2D eigenvalue weighted by atomic mass is 10.0. The van der Waals surface area contributed by atoms with Crippen molar-refractivity contribution in [2.45, 2.75) is 24.9 Å². The van der Waals surface area contributed by atoms with Gasteiger partial charge in [-0.3, -0.25) is 18.6 Å². The predicted octanol–water partition coefficient (Wildman–Crippen LogP) is 3.44. The zero-order valence-corrected chi connectivity index (χ0v) is 17.2. The molecule has 2 aromatic carbocycles. The van der Waals surface area contributed by atoms with Crippen molar-refractivity contribution in [2.75, 3.05) is 11.1 Å². The first kappa shape index (κ1) is 19.2. The van der Waals surface area contributed by atoms with Crippen molar-refractivity contribution in [2.24, 2.45) is 7.05 Å². The molecule has 0 aliphatic rings. The van der Waals surface area contributed by atoms with Crippen LogP contribution in [0.4, 0.5) is 5.69 Å². The molecule has 4 rings (SSSR count). The van der Waals surface area contributed by atoms with Crippen LogP contribution in [0.25, 0.3) is 16.7 Å². The second-order valence-corrected chi connectivity index (χ2v) is 8.06. The first-order valence-electron chi connectivity index (χ1n) is 9.31. The number of nitrogens with zero attached hydrogens (tertiary/aromatic N) is 4. The summed E-state index contributed by atoms with van der Waals surface area (Å²) in [5, 5.41) is 12.4. The monoisotopic (exact) mass is 407 g/mol. The summed E-state index contributed by atoms with van der Waals surface area (Å²) in [7, 11) is 1.67.